The average Bonchev–Trinajstić information content (AvgIpc) is 2.95. The summed E-state index contributed by atoms with van der Waals surface area (Å²) in [4.78, 5) is 5.00. The molecule has 0 amide bonds. The van der Waals surface area contributed by atoms with E-state index in [4.69, 9.17) is 0 Å². The highest BCUT2D eigenvalue weighted by molar-refractivity contribution is 5.76. The van der Waals surface area contributed by atoms with Crippen LogP contribution in [0.2, 0.25) is 0 Å². The first-order chi connectivity index (χ1) is 11.4. The number of hydrogen-bond acceptors (Lipinski definition) is 2. The van der Waals surface area contributed by atoms with Gasteiger partial charge >= 0.3 is 0 Å². The molecule has 0 radical (unpaired) electrons. The number of fused-ring (bicyclic) bond motifs is 1. The van der Waals surface area contributed by atoms with Crippen LogP contribution in [-0.4, -0.2) is 13.2 Å². The third-order valence-corrected chi connectivity index (χ3v) is 4.64. The van der Waals surface area contributed by atoms with Gasteiger partial charge in [-0.2, -0.15) is 0 Å². The van der Waals surface area contributed by atoms with Crippen LogP contribution in [0.3, 0.4) is 0 Å². The van der Waals surface area contributed by atoms with Gasteiger partial charge in [-0.05, 0) is 30.0 Å². The van der Waals surface area contributed by atoms with Crippen molar-refractivity contribution in [2.24, 2.45) is 5.92 Å². The Bertz CT molecular complexity index is 718. The Morgan fingerprint density at radius 3 is 2.30 bits per heavy atom. The van der Waals surface area contributed by atoms with E-state index in [1.807, 2.05) is 0 Å². The number of anilines is 2. The Morgan fingerprint density at radius 2 is 1.57 bits per heavy atom. The van der Waals surface area contributed by atoms with Crippen molar-refractivity contribution in [2.75, 3.05) is 23.0 Å². The van der Waals surface area contributed by atoms with Crippen molar-refractivity contribution in [3.05, 3.63) is 84.5 Å². The first-order valence-electron chi connectivity index (χ1n) is 8.36. The first-order valence-corrected chi connectivity index (χ1v) is 8.36. The van der Waals surface area contributed by atoms with Crippen LogP contribution in [0, 0.1) is 5.92 Å². The van der Waals surface area contributed by atoms with E-state index in [9.17, 15) is 0 Å². The molecule has 0 N–H and O–H groups in total. The van der Waals surface area contributed by atoms with E-state index in [1.54, 1.807) is 0 Å². The van der Waals surface area contributed by atoms with Crippen molar-refractivity contribution in [1.29, 1.82) is 0 Å². The molecule has 1 unspecified atom stereocenters. The zero-order chi connectivity index (χ0) is 15.5. The molecule has 2 heteroatoms. The monoisotopic (exact) mass is 302 g/mol. The van der Waals surface area contributed by atoms with Crippen LogP contribution in [0.5, 0.6) is 0 Å². The normalized spacial score (nSPS) is 19.2. The maximum Gasteiger partial charge on any atom is 0.0908 e. The van der Waals surface area contributed by atoms with Gasteiger partial charge in [0.15, 0.2) is 0 Å². The van der Waals surface area contributed by atoms with E-state index in [0.29, 0.717) is 5.92 Å². The molecule has 1 aliphatic heterocycles. The van der Waals surface area contributed by atoms with Gasteiger partial charge in [0.2, 0.25) is 0 Å². The van der Waals surface area contributed by atoms with Gasteiger partial charge in [0.1, 0.15) is 0 Å². The average molecular weight is 302 g/mol. The quantitative estimate of drug-likeness (QED) is 0.814. The smallest absolute Gasteiger partial charge is 0.0908 e. The van der Waals surface area contributed by atoms with Crippen LogP contribution in [0.4, 0.5) is 11.4 Å². The predicted octanol–water partition coefficient (Wildman–Crippen LogP) is 4.60. The summed E-state index contributed by atoms with van der Waals surface area (Å²) in [6.45, 7) is 3.03. The van der Waals surface area contributed by atoms with Crippen LogP contribution in [-0.2, 0) is 6.54 Å². The van der Waals surface area contributed by atoms with Gasteiger partial charge in [-0.25, -0.2) is 0 Å². The fourth-order valence-corrected chi connectivity index (χ4v) is 3.50. The van der Waals surface area contributed by atoms with Crippen molar-refractivity contribution in [3.63, 3.8) is 0 Å². The van der Waals surface area contributed by atoms with E-state index in [2.05, 4.69) is 88.7 Å². The fourth-order valence-electron chi connectivity index (χ4n) is 3.50. The van der Waals surface area contributed by atoms with Gasteiger partial charge < -0.3 is 9.80 Å². The first kappa shape index (κ1) is 14.1. The molecule has 116 valence electrons. The van der Waals surface area contributed by atoms with E-state index in [0.717, 1.165) is 26.2 Å². The maximum absolute atomic E-state index is 2.52. The third kappa shape index (κ3) is 3.02. The number of allylic oxidation sites excluding steroid dienone is 3. The molecule has 0 saturated heterocycles. The largest absolute Gasteiger partial charge is 0.352 e. The lowest BCUT2D eigenvalue weighted by molar-refractivity contribution is 0.619. The van der Waals surface area contributed by atoms with Crippen LogP contribution >= 0.6 is 0 Å². The van der Waals surface area contributed by atoms with Crippen molar-refractivity contribution in [3.8, 4) is 0 Å². The lowest BCUT2D eigenvalue weighted by Crippen LogP contribution is -2.33. The van der Waals surface area contributed by atoms with Crippen LogP contribution in [0.1, 0.15) is 12.0 Å². The number of hydrogen-bond donors (Lipinski definition) is 0. The Hall–Kier alpha value is -2.48. The molecule has 1 aliphatic carbocycles. The summed E-state index contributed by atoms with van der Waals surface area (Å²) in [5.74, 6) is 0.615. The van der Waals surface area contributed by atoms with E-state index in [-0.39, 0.29) is 0 Å². The number of rotatable bonds is 4. The summed E-state index contributed by atoms with van der Waals surface area (Å²) in [6, 6.07) is 19.5. The molecule has 0 spiro atoms. The second-order valence-electron chi connectivity index (χ2n) is 6.34. The van der Waals surface area contributed by atoms with Gasteiger partial charge in [-0.3, -0.25) is 0 Å². The molecule has 4 rings (SSSR count). The van der Waals surface area contributed by atoms with Crippen LogP contribution in [0.15, 0.2) is 78.9 Å². The van der Waals surface area contributed by atoms with Gasteiger partial charge in [-0.1, -0.05) is 66.8 Å². The summed E-state index contributed by atoms with van der Waals surface area (Å²) in [5.41, 5.74) is 4.09. The second-order valence-corrected chi connectivity index (χ2v) is 6.34. The fraction of sp³-hybridized carbons (Fsp3) is 0.238. The Balaban J connectivity index is 1.54. The molecule has 2 aromatic carbocycles. The maximum atomic E-state index is 2.52. The zero-order valence-electron chi connectivity index (χ0n) is 13.3. The SMILES string of the molecule is C1=CCC(CN2CN(Cc3ccccc3)c3ccccc32)C=C1. The molecular formula is C21H22N2. The van der Waals surface area contributed by atoms with Gasteiger partial charge in [0.25, 0.3) is 0 Å². The Kier molecular flexibility index (Phi) is 3.89. The summed E-state index contributed by atoms with van der Waals surface area (Å²) in [5, 5.41) is 0. The minimum absolute atomic E-state index is 0.615. The third-order valence-electron chi connectivity index (χ3n) is 4.64. The van der Waals surface area contributed by atoms with E-state index < -0.39 is 0 Å². The lowest BCUT2D eigenvalue weighted by Gasteiger charge is -2.25. The number of nitrogens with zero attached hydrogens (tertiary/aromatic N) is 2. The summed E-state index contributed by atoms with van der Waals surface area (Å²) in [6.07, 6.45) is 10.1. The highest BCUT2D eigenvalue weighted by atomic mass is 15.4. The van der Waals surface area contributed by atoms with E-state index in [1.165, 1.54) is 16.9 Å². The lowest BCUT2D eigenvalue weighted by atomic mass is 10.0. The highest BCUT2D eigenvalue weighted by Crippen LogP contribution is 2.37. The topological polar surface area (TPSA) is 6.48 Å². The van der Waals surface area contributed by atoms with Gasteiger partial charge in [0, 0.05) is 13.1 Å². The summed E-state index contributed by atoms with van der Waals surface area (Å²) < 4.78 is 0. The van der Waals surface area contributed by atoms with Crippen LogP contribution in [0.25, 0.3) is 0 Å². The molecule has 1 atom stereocenters. The number of benzene rings is 2. The van der Waals surface area contributed by atoms with Crippen LogP contribution < -0.4 is 9.80 Å². The molecule has 2 nitrogen and oxygen atoms in total. The van der Waals surface area contributed by atoms with Crippen molar-refractivity contribution < 1.29 is 0 Å². The van der Waals surface area contributed by atoms with Gasteiger partial charge in [-0.15, -0.1) is 0 Å². The molecule has 2 aliphatic rings. The molecule has 0 saturated carbocycles. The summed E-state index contributed by atoms with van der Waals surface area (Å²) >= 11 is 0. The standard InChI is InChI=1S/C21H22N2/c1-3-9-18(10-4-1)15-22-17-23(16-19-11-5-2-6-12-19)21-14-8-7-13-20(21)22/h1-11,13-14,19H,12,15-17H2. The predicted molar refractivity (Wildman–Crippen MR) is 97.7 cm³/mol. The Morgan fingerprint density at radius 1 is 0.826 bits per heavy atom. The van der Waals surface area contributed by atoms with Crippen molar-refractivity contribution in [2.45, 2.75) is 13.0 Å². The zero-order valence-corrected chi connectivity index (χ0v) is 13.3. The molecule has 23 heavy (non-hydrogen) atoms. The highest BCUT2D eigenvalue weighted by Gasteiger charge is 2.26. The molecular weight excluding hydrogens is 280 g/mol. The van der Waals surface area contributed by atoms with Crippen molar-refractivity contribution >= 4 is 11.4 Å². The van der Waals surface area contributed by atoms with Crippen molar-refractivity contribution in [1.82, 2.24) is 0 Å². The summed E-state index contributed by atoms with van der Waals surface area (Å²) in [7, 11) is 0. The van der Waals surface area contributed by atoms with Gasteiger partial charge in [0.05, 0.1) is 18.0 Å². The molecule has 0 aromatic heterocycles. The molecule has 0 fully saturated rings. The van der Waals surface area contributed by atoms with E-state index >= 15 is 0 Å². The number of para-hydroxylation sites is 2. The molecule has 1 heterocycles. The molecule has 2 aromatic rings. The second kappa shape index (κ2) is 6.33. The minimum Gasteiger partial charge on any atom is -0.352 e. The molecule has 0 bridgehead atoms. The Labute approximate surface area is 138 Å². The minimum atomic E-state index is 0.615.